The van der Waals surface area contributed by atoms with Crippen LogP contribution >= 0.6 is 23.8 Å². The molecule has 2 aromatic carbocycles. The molecule has 0 fully saturated rings. The zero-order valence-corrected chi connectivity index (χ0v) is 17.4. The van der Waals surface area contributed by atoms with Gasteiger partial charge in [-0.25, -0.2) is 0 Å². The molecule has 0 radical (unpaired) electrons. The van der Waals surface area contributed by atoms with Gasteiger partial charge in [0.1, 0.15) is 6.61 Å². The lowest BCUT2D eigenvalue weighted by molar-refractivity contribution is -0.114. The average molecular weight is 417 g/mol. The van der Waals surface area contributed by atoms with Crippen molar-refractivity contribution in [3.8, 4) is 11.5 Å². The number of nitrogens with one attached hydrogen (secondary N) is 2. The summed E-state index contributed by atoms with van der Waals surface area (Å²) in [5.41, 5.74) is 3.21. The summed E-state index contributed by atoms with van der Waals surface area (Å²) < 4.78 is 11.4. The van der Waals surface area contributed by atoms with Gasteiger partial charge in [0.2, 0.25) is 0 Å². The number of ketones is 1. The predicted molar refractivity (Wildman–Crippen MR) is 114 cm³/mol. The summed E-state index contributed by atoms with van der Waals surface area (Å²) in [4.78, 5) is 12.2. The number of halogens is 1. The Bertz CT molecular complexity index is 958. The lowest BCUT2D eigenvalue weighted by atomic mass is 9.93. The first-order valence-corrected chi connectivity index (χ1v) is 9.52. The van der Waals surface area contributed by atoms with E-state index >= 15 is 0 Å². The Morgan fingerprint density at radius 2 is 2.00 bits per heavy atom. The summed E-state index contributed by atoms with van der Waals surface area (Å²) in [6, 6.07) is 12.7. The molecular weight excluding hydrogens is 396 g/mol. The van der Waals surface area contributed by atoms with Gasteiger partial charge >= 0.3 is 0 Å². The lowest BCUT2D eigenvalue weighted by Crippen LogP contribution is -2.44. The van der Waals surface area contributed by atoms with E-state index in [1.165, 1.54) is 0 Å². The quantitative estimate of drug-likeness (QED) is 0.684. The van der Waals surface area contributed by atoms with Crippen molar-refractivity contribution in [2.24, 2.45) is 0 Å². The summed E-state index contributed by atoms with van der Waals surface area (Å²) >= 11 is 11.3. The van der Waals surface area contributed by atoms with Crippen LogP contribution in [0.15, 0.2) is 53.7 Å². The molecule has 7 heteroatoms. The molecule has 2 aromatic rings. The Hall–Kier alpha value is -2.57. The van der Waals surface area contributed by atoms with E-state index in [1.807, 2.05) is 49.4 Å². The molecule has 28 heavy (non-hydrogen) atoms. The standard InChI is InChI=1S/C21H21ClN2O3S/c1-12-19(13(2)25)20(24-21(28)23-12)15-7-8-17(18(10-15)26-3)27-11-14-5-4-6-16(22)9-14/h4-10,20H,11H2,1-3H3,(H2,23,24,28). The first kappa shape index (κ1) is 20.2. The molecule has 3 rings (SSSR count). The number of carbonyl (C=O) groups excluding carboxylic acids is 1. The molecule has 1 aliphatic rings. The summed E-state index contributed by atoms with van der Waals surface area (Å²) in [5, 5.41) is 7.31. The van der Waals surface area contributed by atoms with Crippen molar-refractivity contribution in [3.05, 3.63) is 69.9 Å². The summed E-state index contributed by atoms with van der Waals surface area (Å²) in [6.45, 7) is 3.75. The normalized spacial score (nSPS) is 16.3. The molecule has 0 amide bonds. The molecule has 0 spiro atoms. The number of ether oxygens (including phenoxy) is 2. The lowest BCUT2D eigenvalue weighted by Gasteiger charge is -2.30. The van der Waals surface area contributed by atoms with E-state index in [9.17, 15) is 4.79 Å². The van der Waals surface area contributed by atoms with Gasteiger partial charge in [-0.3, -0.25) is 4.79 Å². The summed E-state index contributed by atoms with van der Waals surface area (Å²) in [6.07, 6.45) is 0. The van der Waals surface area contributed by atoms with E-state index in [-0.39, 0.29) is 11.8 Å². The predicted octanol–water partition coefficient (Wildman–Crippen LogP) is 4.31. The number of methoxy groups -OCH3 is 1. The zero-order valence-electron chi connectivity index (χ0n) is 15.8. The fourth-order valence-corrected chi connectivity index (χ4v) is 3.67. The number of hydrogen-bond donors (Lipinski definition) is 2. The van der Waals surface area contributed by atoms with Crippen molar-refractivity contribution in [1.29, 1.82) is 0 Å². The maximum atomic E-state index is 12.2. The Morgan fingerprint density at radius 1 is 1.21 bits per heavy atom. The average Bonchev–Trinajstić information content (AvgIpc) is 2.65. The van der Waals surface area contributed by atoms with Gasteiger partial charge in [0.15, 0.2) is 22.4 Å². The van der Waals surface area contributed by atoms with Crippen LogP contribution in [-0.2, 0) is 11.4 Å². The first-order chi connectivity index (χ1) is 13.4. The molecule has 0 aliphatic carbocycles. The molecule has 146 valence electrons. The van der Waals surface area contributed by atoms with Crippen LogP contribution in [0.5, 0.6) is 11.5 Å². The number of Topliss-reactive ketones (excluding diaryl/α,β-unsaturated/α-hetero) is 1. The van der Waals surface area contributed by atoms with Crippen LogP contribution in [0.4, 0.5) is 0 Å². The molecule has 1 aliphatic heterocycles. The third-order valence-corrected chi connectivity index (χ3v) is 4.91. The second kappa shape index (κ2) is 8.63. The van der Waals surface area contributed by atoms with Gasteiger partial charge in [0.05, 0.1) is 13.2 Å². The van der Waals surface area contributed by atoms with Crippen LogP contribution < -0.4 is 20.1 Å². The van der Waals surface area contributed by atoms with Gasteiger partial charge < -0.3 is 20.1 Å². The molecule has 1 atom stereocenters. The Balaban J connectivity index is 1.87. The van der Waals surface area contributed by atoms with Crippen LogP contribution in [-0.4, -0.2) is 18.0 Å². The molecule has 1 unspecified atom stereocenters. The second-order valence-electron chi connectivity index (χ2n) is 6.46. The van der Waals surface area contributed by atoms with Gasteiger partial charge in [-0.1, -0.05) is 29.8 Å². The summed E-state index contributed by atoms with van der Waals surface area (Å²) in [7, 11) is 1.58. The molecule has 1 heterocycles. The van der Waals surface area contributed by atoms with Crippen LogP contribution in [0.3, 0.4) is 0 Å². The highest BCUT2D eigenvalue weighted by atomic mass is 35.5. The zero-order chi connectivity index (χ0) is 20.3. The number of benzene rings is 2. The maximum Gasteiger partial charge on any atom is 0.171 e. The van der Waals surface area contributed by atoms with Crippen LogP contribution in [0.25, 0.3) is 0 Å². The molecule has 0 saturated heterocycles. The third kappa shape index (κ3) is 4.46. The van der Waals surface area contributed by atoms with Crippen LogP contribution in [0.2, 0.25) is 5.02 Å². The maximum absolute atomic E-state index is 12.2. The number of carbonyl (C=O) groups is 1. The smallest absolute Gasteiger partial charge is 0.171 e. The minimum atomic E-state index is -0.345. The molecule has 0 saturated carbocycles. The van der Waals surface area contributed by atoms with E-state index in [4.69, 9.17) is 33.3 Å². The molecule has 0 bridgehead atoms. The van der Waals surface area contributed by atoms with Crippen molar-refractivity contribution in [2.45, 2.75) is 26.5 Å². The Kier molecular flexibility index (Phi) is 6.21. The van der Waals surface area contributed by atoms with Gasteiger partial charge in [0.25, 0.3) is 0 Å². The van der Waals surface area contributed by atoms with Crippen molar-refractivity contribution >= 4 is 34.7 Å². The first-order valence-electron chi connectivity index (χ1n) is 8.73. The van der Waals surface area contributed by atoms with E-state index in [0.29, 0.717) is 33.8 Å². The Labute approximate surface area is 174 Å². The number of rotatable bonds is 6. The van der Waals surface area contributed by atoms with Gasteiger partial charge in [-0.05, 0) is 61.5 Å². The van der Waals surface area contributed by atoms with E-state index < -0.39 is 0 Å². The van der Waals surface area contributed by atoms with Gasteiger partial charge in [-0.2, -0.15) is 0 Å². The van der Waals surface area contributed by atoms with Crippen LogP contribution in [0, 0.1) is 0 Å². The van der Waals surface area contributed by atoms with E-state index in [2.05, 4.69) is 10.6 Å². The number of hydrogen-bond acceptors (Lipinski definition) is 4. The molecule has 5 nitrogen and oxygen atoms in total. The number of thiocarbonyl (C=S) groups is 1. The minimum Gasteiger partial charge on any atom is -0.493 e. The monoisotopic (exact) mass is 416 g/mol. The van der Waals surface area contributed by atoms with Crippen molar-refractivity contribution in [1.82, 2.24) is 10.6 Å². The Morgan fingerprint density at radius 3 is 2.68 bits per heavy atom. The van der Waals surface area contributed by atoms with Crippen LogP contribution in [0.1, 0.15) is 31.0 Å². The highest BCUT2D eigenvalue weighted by molar-refractivity contribution is 7.80. The molecular formula is C21H21ClN2O3S. The molecule has 0 aromatic heterocycles. The topological polar surface area (TPSA) is 59.6 Å². The van der Waals surface area contributed by atoms with E-state index in [1.54, 1.807) is 14.0 Å². The van der Waals surface area contributed by atoms with Gasteiger partial charge in [0, 0.05) is 16.3 Å². The SMILES string of the molecule is COc1cc(C2NC(=S)NC(C)=C2C(C)=O)ccc1OCc1cccc(Cl)c1. The highest BCUT2D eigenvalue weighted by Gasteiger charge is 2.28. The minimum absolute atomic E-state index is 0.0229. The van der Waals surface area contributed by atoms with Crippen molar-refractivity contribution in [2.75, 3.05) is 7.11 Å². The number of allylic oxidation sites excluding steroid dienone is 1. The largest absolute Gasteiger partial charge is 0.493 e. The van der Waals surface area contributed by atoms with E-state index in [0.717, 1.165) is 16.8 Å². The third-order valence-electron chi connectivity index (χ3n) is 4.45. The fraction of sp³-hybridized carbons (Fsp3) is 0.238. The second-order valence-corrected chi connectivity index (χ2v) is 7.30. The summed E-state index contributed by atoms with van der Waals surface area (Å²) in [5.74, 6) is 1.16. The molecule has 2 N–H and O–H groups in total. The fourth-order valence-electron chi connectivity index (χ4n) is 3.18. The van der Waals surface area contributed by atoms with Crippen molar-refractivity contribution in [3.63, 3.8) is 0 Å². The van der Waals surface area contributed by atoms with Gasteiger partial charge in [-0.15, -0.1) is 0 Å². The highest BCUT2D eigenvalue weighted by Crippen LogP contribution is 2.34. The van der Waals surface area contributed by atoms with Crippen molar-refractivity contribution < 1.29 is 14.3 Å².